The number of halogens is 4. The predicted molar refractivity (Wildman–Crippen MR) is 64.9 cm³/mol. The average molecular weight is 320 g/mol. The lowest BCUT2D eigenvalue weighted by Crippen LogP contribution is -2.01. The van der Waals surface area contributed by atoms with Gasteiger partial charge >= 0.3 is 5.51 Å². The molecule has 0 aliphatic rings. The van der Waals surface area contributed by atoms with Crippen LogP contribution < -0.4 is 0 Å². The topological polar surface area (TPSA) is 4.41 Å². The van der Waals surface area contributed by atoms with Crippen molar-refractivity contribution in [2.75, 3.05) is 0 Å². The van der Waals surface area contributed by atoms with Crippen LogP contribution in [-0.2, 0) is 0 Å². The van der Waals surface area contributed by atoms with Crippen molar-refractivity contribution in [3.8, 4) is 12.3 Å². The quantitative estimate of drug-likeness (QED) is 0.560. The molecule has 88 valence electrons. The van der Waals surface area contributed by atoms with Gasteiger partial charge in [-0.05, 0) is 28.1 Å². The van der Waals surface area contributed by atoms with Crippen molar-refractivity contribution in [2.24, 2.45) is 0 Å². The van der Waals surface area contributed by atoms with Gasteiger partial charge in [0, 0.05) is 18.0 Å². The Bertz CT molecular complexity index is 609. The minimum atomic E-state index is -4.37. The highest BCUT2D eigenvalue weighted by Gasteiger charge is 2.33. The van der Waals surface area contributed by atoms with Crippen LogP contribution in [0.5, 0.6) is 0 Å². The second kappa shape index (κ2) is 4.31. The first-order valence-electron chi connectivity index (χ1n) is 4.45. The predicted octanol–water partition coefficient (Wildman–Crippen LogP) is 4.29. The summed E-state index contributed by atoms with van der Waals surface area (Å²) in [7, 11) is 0. The monoisotopic (exact) mass is 319 g/mol. The second-order valence-corrected chi connectivity index (χ2v) is 4.99. The van der Waals surface area contributed by atoms with Crippen LogP contribution in [0.25, 0.3) is 5.52 Å². The van der Waals surface area contributed by atoms with E-state index < -0.39 is 5.51 Å². The summed E-state index contributed by atoms with van der Waals surface area (Å²) in [6.07, 6.45) is 6.81. The molecule has 2 rings (SSSR count). The van der Waals surface area contributed by atoms with Gasteiger partial charge in [0.15, 0.2) is 0 Å². The molecule has 0 spiro atoms. The van der Waals surface area contributed by atoms with E-state index in [0.29, 0.717) is 9.99 Å². The molecular weight excluding hydrogens is 315 g/mol. The van der Waals surface area contributed by atoms with Crippen molar-refractivity contribution < 1.29 is 13.2 Å². The second-order valence-electron chi connectivity index (χ2n) is 3.14. The minimum absolute atomic E-state index is 0.00229. The van der Waals surface area contributed by atoms with E-state index >= 15 is 0 Å². The van der Waals surface area contributed by atoms with Gasteiger partial charge in [-0.25, -0.2) is 0 Å². The number of hydrogen-bond donors (Lipinski definition) is 0. The van der Waals surface area contributed by atoms with E-state index in [1.54, 1.807) is 24.4 Å². The SMILES string of the molecule is C#Cc1c(Br)c2ccccn2c1SC(F)(F)F. The fourth-order valence-electron chi connectivity index (χ4n) is 1.48. The summed E-state index contributed by atoms with van der Waals surface area (Å²) in [5.41, 5.74) is -3.53. The average Bonchev–Trinajstić information content (AvgIpc) is 2.51. The Morgan fingerprint density at radius 2 is 2.06 bits per heavy atom. The smallest absolute Gasteiger partial charge is 0.309 e. The Morgan fingerprint density at radius 1 is 1.35 bits per heavy atom. The normalized spacial score (nSPS) is 11.7. The highest BCUT2D eigenvalue weighted by molar-refractivity contribution is 9.10. The van der Waals surface area contributed by atoms with E-state index in [4.69, 9.17) is 6.42 Å². The van der Waals surface area contributed by atoms with Crippen LogP contribution in [0, 0.1) is 12.3 Å². The van der Waals surface area contributed by atoms with Crippen molar-refractivity contribution >= 4 is 33.2 Å². The van der Waals surface area contributed by atoms with Crippen LogP contribution in [-0.4, -0.2) is 9.91 Å². The number of fused-ring (bicyclic) bond motifs is 1. The molecule has 0 N–H and O–H groups in total. The third-order valence-electron chi connectivity index (χ3n) is 2.09. The maximum absolute atomic E-state index is 12.5. The van der Waals surface area contributed by atoms with Gasteiger partial charge in [-0.3, -0.25) is 0 Å². The van der Waals surface area contributed by atoms with E-state index in [1.165, 1.54) is 4.40 Å². The highest BCUT2D eigenvalue weighted by Crippen LogP contribution is 2.42. The Kier molecular flexibility index (Phi) is 3.15. The van der Waals surface area contributed by atoms with Crippen molar-refractivity contribution in [1.82, 2.24) is 4.40 Å². The molecule has 0 amide bonds. The Labute approximate surface area is 108 Å². The van der Waals surface area contributed by atoms with E-state index in [2.05, 4.69) is 21.9 Å². The van der Waals surface area contributed by atoms with Gasteiger partial charge in [-0.2, -0.15) is 13.2 Å². The number of thioether (sulfide) groups is 1. The molecule has 0 atom stereocenters. The third-order valence-corrected chi connectivity index (χ3v) is 3.72. The summed E-state index contributed by atoms with van der Waals surface area (Å²) >= 11 is 3.02. The van der Waals surface area contributed by atoms with Crippen LogP contribution in [0.4, 0.5) is 13.2 Å². The fraction of sp³-hybridized carbons (Fsp3) is 0.0909. The zero-order valence-corrected chi connectivity index (χ0v) is 10.7. The lowest BCUT2D eigenvalue weighted by molar-refractivity contribution is -0.0329. The largest absolute Gasteiger partial charge is 0.447 e. The van der Waals surface area contributed by atoms with Gasteiger partial charge in [-0.15, -0.1) is 6.42 Å². The zero-order chi connectivity index (χ0) is 12.6. The van der Waals surface area contributed by atoms with Crippen molar-refractivity contribution in [2.45, 2.75) is 10.5 Å². The summed E-state index contributed by atoms with van der Waals surface area (Å²) in [6.45, 7) is 0. The number of pyridine rings is 1. The van der Waals surface area contributed by atoms with Crippen LogP contribution >= 0.6 is 27.7 Å². The standard InChI is InChI=1S/C11H5BrF3NS/c1-2-7-9(12)8-5-3-4-6-16(8)10(7)17-11(13,14)15/h1,3-6H. The van der Waals surface area contributed by atoms with Gasteiger partial charge in [-0.1, -0.05) is 12.0 Å². The molecular formula is C11H5BrF3NS. The molecule has 0 aromatic carbocycles. The van der Waals surface area contributed by atoms with Crippen LogP contribution in [0.1, 0.15) is 5.56 Å². The maximum atomic E-state index is 12.5. The number of hydrogen-bond acceptors (Lipinski definition) is 1. The molecule has 0 aliphatic carbocycles. The van der Waals surface area contributed by atoms with E-state index in [9.17, 15) is 13.2 Å². The molecule has 0 unspecified atom stereocenters. The first-order chi connectivity index (χ1) is 7.94. The maximum Gasteiger partial charge on any atom is 0.447 e. The first kappa shape index (κ1) is 12.4. The van der Waals surface area contributed by atoms with E-state index in [-0.39, 0.29) is 22.4 Å². The molecule has 0 radical (unpaired) electrons. The van der Waals surface area contributed by atoms with Crippen molar-refractivity contribution in [1.29, 1.82) is 0 Å². The summed E-state index contributed by atoms with van der Waals surface area (Å²) in [5, 5.41) is 0.00229. The molecule has 1 nitrogen and oxygen atoms in total. The molecule has 2 aromatic rings. The fourth-order valence-corrected chi connectivity index (χ4v) is 2.97. The first-order valence-corrected chi connectivity index (χ1v) is 6.06. The molecule has 6 heteroatoms. The van der Waals surface area contributed by atoms with Gasteiger partial charge in [0.05, 0.1) is 15.6 Å². The summed E-state index contributed by atoms with van der Waals surface area (Å²) in [4.78, 5) is 0. The molecule has 2 aromatic heterocycles. The van der Waals surface area contributed by atoms with Crippen LogP contribution in [0.2, 0.25) is 0 Å². The molecule has 17 heavy (non-hydrogen) atoms. The van der Waals surface area contributed by atoms with Crippen molar-refractivity contribution in [3.63, 3.8) is 0 Å². The summed E-state index contributed by atoms with van der Waals surface area (Å²) < 4.78 is 39.3. The highest BCUT2D eigenvalue weighted by atomic mass is 79.9. The van der Waals surface area contributed by atoms with Crippen LogP contribution in [0.15, 0.2) is 33.9 Å². The Hall–Kier alpha value is -1.06. The molecule has 0 bridgehead atoms. The van der Waals surface area contributed by atoms with Gasteiger partial charge in [0.1, 0.15) is 5.03 Å². The lowest BCUT2D eigenvalue weighted by Gasteiger charge is -2.06. The molecule has 0 saturated carbocycles. The number of alkyl halides is 3. The number of terminal acetylenes is 1. The molecule has 2 heterocycles. The van der Waals surface area contributed by atoms with E-state index in [1.807, 2.05) is 0 Å². The minimum Gasteiger partial charge on any atom is -0.309 e. The summed E-state index contributed by atoms with van der Waals surface area (Å²) in [5.74, 6) is 2.29. The number of aromatic nitrogens is 1. The van der Waals surface area contributed by atoms with E-state index in [0.717, 1.165) is 0 Å². The van der Waals surface area contributed by atoms with Crippen LogP contribution in [0.3, 0.4) is 0 Å². The lowest BCUT2D eigenvalue weighted by atomic mass is 10.3. The summed E-state index contributed by atoms with van der Waals surface area (Å²) in [6, 6.07) is 5.09. The molecule has 0 aliphatic heterocycles. The van der Waals surface area contributed by atoms with Crippen molar-refractivity contribution in [3.05, 3.63) is 34.4 Å². The van der Waals surface area contributed by atoms with Gasteiger partial charge < -0.3 is 4.40 Å². The Morgan fingerprint density at radius 3 is 2.65 bits per heavy atom. The third kappa shape index (κ3) is 2.31. The van der Waals surface area contributed by atoms with Gasteiger partial charge in [0.25, 0.3) is 0 Å². The molecule has 0 saturated heterocycles. The Balaban J connectivity index is 2.72. The number of rotatable bonds is 1. The molecule has 0 fully saturated rings. The number of nitrogens with zero attached hydrogens (tertiary/aromatic N) is 1. The van der Waals surface area contributed by atoms with Gasteiger partial charge in [0.2, 0.25) is 0 Å². The zero-order valence-electron chi connectivity index (χ0n) is 8.25.